The molecule has 0 bridgehead atoms. The zero-order valence-electron chi connectivity index (χ0n) is 20.0. The van der Waals surface area contributed by atoms with Gasteiger partial charge in [-0.05, 0) is 25.8 Å². The lowest BCUT2D eigenvalue weighted by Gasteiger charge is -2.28. The van der Waals surface area contributed by atoms with E-state index in [1.54, 1.807) is 20.9 Å². The first kappa shape index (κ1) is 26.1. The molecule has 186 valence electrons. The van der Waals surface area contributed by atoms with Gasteiger partial charge in [-0.2, -0.15) is 0 Å². The van der Waals surface area contributed by atoms with Crippen LogP contribution in [0.5, 0.6) is 0 Å². The molecule has 1 fully saturated rings. The molecule has 0 aliphatic carbocycles. The van der Waals surface area contributed by atoms with Crippen LogP contribution in [0.1, 0.15) is 36.5 Å². The fourth-order valence-corrected chi connectivity index (χ4v) is 4.28. The van der Waals surface area contributed by atoms with Crippen LogP contribution in [-0.4, -0.2) is 77.8 Å². The van der Waals surface area contributed by atoms with E-state index in [4.69, 9.17) is 9.47 Å². The van der Waals surface area contributed by atoms with Crippen LogP contribution >= 0.6 is 11.3 Å². The van der Waals surface area contributed by atoms with Gasteiger partial charge in [0.1, 0.15) is 23.3 Å². The smallest absolute Gasteiger partial charge is 0.329 e. The molecular formula is C24H34N4O5S. The van der Waals surface area contributed by atoms with Gasteiger partial charge in [0.15, 0.2) is 0 Å². The van der Waals surface area contributed by atoms with Gasteiger partial charge in [0.25, 0.3) is 0 Å². The lowest BCUT2D eigenvalue weighted by atomic mass is 10.1. The lowest BCUT2D eigenvalue weighted by molar-refractivity contribution is -0.147. The minimum absolute atomic E-state index is 0.151. The van der Waals surface area contributed by atoms with Crippen LogP contribution in [0.2, 0.25) is 0 Å². The molecule has 2 aromatic rings. The number of rotatable bonds is 10. The minimum Gasteiger partial charge on any atom is -0.459 e. The summed E-state index contributed by atoms with van der Waals surface area (Å²) in [6, 6.07) is 8.29. The number of aliphatic hydroxyl groups is 1. The standard InChI is InChI=1S/C24H34N4O5S/c1-24(2,31)22-25-19(17-34-22)15-27(3)23(30)26-20(9-10-28-11-13-32-14-12-28)21(29)33-16-18-7-5-4-6-8-18/h4-8,17,20,31H,9-16H2,1-3H3,(H,26,30). The fourth-order valence-electron chi connectivity index (χ4n) is 3.45. The van der Waals surface area contributed by atoms with Crippen molar-refractivity contribution >= 4 is 23.3 Å². The van der Waals surface area contributed by atoms with Gasteiger partial charge in [0.2, 0.25) is 0 Å². The van der Waals surface area contributed by atoms with Crippen LogP contribution in [0.25, 0.3) is 0 Å². The van der Waals surface area contributed by atoms with Crippen LogP contribution in [0.3, 0.4) is 0 Å². The van der Waals surface area contributed by atoms with Crippen molar-refractivity contribution in [3.63, 3.8) is 0 Å². The normalized spacial score (nSPS) is 15.5. The van der Waals surface area contributed by atoms with Crippen LogP contribution in [0.4, 0.5) is 4.79 Å². The van der Waals surface area contributed by atoms with E-state index in [9.17, 15) is 14.7 Å². The van der Waals surface area contributed by atoms with Crippen molar-refractivity contribution in [3.05, 3.63) is 52.0 Å². The predicted octanol–water partition coefficient (Wildman–Crippen LogP) is 2.35. The number of amides is 2. The Hall–Kier alpha value is -2.53. The molecule has 1 aromatic heterocycles. The summed E-state index contributed by atoms with van der Waals surface area (Å²) >= 11 is 1.35. The number of morpholine rings is 1. The molecule has 34 heavy (non-hydrogen) atoms. The highest BCUT2D eigenvalue weighted by Crippen LogP contribution is 2.23. The number of esters is 1. The number of nitrogens with one attached hydrogen (secondary N) is 1. The molecule has 3 rings (SSSR count). The number of aromatic nitrogens is 1. The maximum atomic E-state index is 12.9. The number of benzene rings is 1. The summed E-state index contributed by atoms with van der Waals surface area (Å²) in [5.41, 5.74) is 0.533. The first-order chi connectivity index (χ1) is 16.2. The Labute approximate surface area is 204 Å². The summed E-state index contributed by atoms with van der Waals surface area (Å²) in [7, 11) is 1.65. The average molecular weight is 491 g/mol. The molecule has 1 unspecified atom stereocenters. The average Bonchev–Trinajstić information content (AvgIpc) is 3.30. The van der Waals surface area contributed by atoms with E-state index in [2.05, 4.69) is 15.2 Å². The molecule has 2 heterocycles. The highest BCUT2D eigenvalue weighted by molar-refractivity contribution is 7.09. The summed E-state index contributed by atoms with van der Waals surface area (Å²) in [6.45, 7) is 7.33. The topological polar surface area (TPSA) is 104 Å². The highest BCUT2D eigenvalue weighted by Gasteiger charge is 2.26. The number of hydrogen-bond donors (Lipinski definition) is 2. The molecule has 1 atom stereocenters. The Morgan fingerprint density at radius 3 is 2.65 bits per heavy atom. The summed E-state index contributed by atoms with van der Waals surface area (Å²) in [6.07, 6.45) is 0.437. The van der Waals surface area contributed by atoms with Crippen molar-refractivity contribution in [1.29, 1.82) is 0 Å². The number of hydrogen-bond acceptors (Lipinski definition) is 8. The van der Waals surface area contributed by atoms with Gasteiger partial charge in [0.05, 0.1) is 25.5 Å². The van der Waals surface area contributed by atoms with Crippen molar-refractivity contribution in [2.24, 2.45) is 0 Å². The van der Waals surface area contributed by atoms with Gasteiger partial charge in [-0.3, -0.25) is 4.90 Å². The van der Waals surface area contributed by atoms with E-state index in [0.29, 0.717) is 36.9 Å². The molecule has 1 aromatic carbocycles. The van der Waals surface area contributed by atoms with E-state index in [1.807, 2.05) is 35.7 Å². The van der Waals surface area contributed by atoms with E-state index in [1.165, 1.54) is 16.2 Å². The van der Waals surface area contributed by atoms with Gasteiger partial charge < -0.3 is 24.8 Å². The summed E-state index contributed by atoms with van der Waals surface area (Å²) in [5.74, 6) is -0.461. The third-order valence-corrected chi connectivity index (χ3v) is 6.67. The minimum atomic E-state index is -1.03. The largest absolute Gasteiger partial charge is 0.459 e. The molecule has 0 radical (unpaired) electrons. The molecule has 1 aliphatic heterocycles. The molecule has 0 spiro atoms. The summed E-state index contributed by atoms with van der Waals surface area (Å²) in [5, 5.41) is 15.4. The van der Waals surface area contributed by atoms with E-state index in [0.717, 1.165) is 18.7 Å². The maximum absolute atomic E-state index is 12.9. The molecule has 10 heteroatoms. The molecular weight excluding hydrogens is 456 g/mol. The molecule has 2 amide bonds. The Morgan fingerprint density at radius 2 is 2.00 bits per heavy atom. The van der Waals surface area contributed by atoms with Gasteiger partial charge in [-0.15, -0.1) is 11.3 Å². The summed E-state index contributed by atoms with van der Waals surface area (Å²) < 4.78 is 10.9. The Balaban J connectivity index is 1.59. The van der Waals surface area contributed by atoms with Crippen LogP contribution in [-0.2, 0) is 33.0 Å². The van der Waals surface area contributed by atoms with E-state index >= 15 is 0 Å². The third-order valence-electron chi connectivity index (χ3n) is 5.46. The molecule has 1 aliphatic rings. The number of carbonyl (C=O) groups excluding carboxylic acids is 2. The Bertz CT molecular complexity index is 925. The molecule has 0 saturated carbocycles. The molecule has 9 nitrogen and oxygen atoms in total. The number of thiazole rings is 1. The maximum Gasteiger partial charge on any atom is 0.329 e. The molecule has 2 N–H and O–H groups in total. The van der Waals surface area contributed by atoms with Gasteiger partial charge in [-0.1, -0.05) is 30.3 Å². The van der Waals surface area contributed by atoms with Gasteiger partial charge >= 0.3 is 12.0 Å². The lowest BCUT2D eigenvalue weighted by Crippen LogP contribution is -2.49. The van der Waals surface area contributed by atoms with Crippen molar-refractivity contribution in [1.82, 2.24) is 20.1 Å². The van der Waals surface area contributed by atoms with Gasteiger partial charge in [0, 0.05) is 32.1 Å². The second-order valence-electron chi connectivity index (χ2n) is 8.90. The highest BCUT2D eigenvalue weighted by atomic mass is 32.1. The van der Waals surface area contributed by atoms with E-state index in [-0.39, 0.29) is 19.2 Å². The fraction of sp³-hybridized carbons (Fsp3) is 0.542. The number of nitrogens with zero attached hydrogens (tertiary/aromatic N) is 3. The zero-order chi connectivity index (χ0) is 24.6. The summed E-state index contributed by atoms with van der Waals surface area (Å²) in [4.78, 5) is 33.9. The Morgan fingerprint density at radius 1 is 1.29 bits per heavy atom. The van der Waals surface area contributed by atoms with Crippen LogP contribution < -0.4 is 5.32 Å². The predicted molar refractivity (Wildman–Crippen MR) is 129 cm³/mol. The first-order valence-electron chi connectivity index (χ1n) is 11.4. The van der Waals surface area contributed by atoms with E-state index < -0.39 is 17.6 Å². The zero-order valence-corrected chi connectivity index (χ0v) is 20.8. The SMILES string of the molecule is CN(Cc1csc(C(C)(C)O)n1)C(=O)NC(CCN1CCOCC1)C(=O)OCc1ccccc1. The van der Waals surface area contributed by atoms with Crippen molar-refractivity contribution in [3.8, 4) is 0 Å². The number of urea groups is 1. The Kier molecular flexibility index (Phi) is 9.40. The second kappa shape index (κ2) is 12.3. The molecule has 1 saturated heterocycles. The second-order valence-corrected chi connectivity index (χ2v) is 9.76. The monoisotopic (exact) mass is 490 g/mol. The van der Waals surface area contributed by atoms with Crippen LogP contribution in [0, 0.1) is 0 Å². The van der Waals surface area contributed by atoms with Crippen molar-refractivity contribution < 1.29 is 24.2 Å². The van der Waals surface area contributed by atoms with Crippen molar-refractivity contribution in [2.75, 3.05) is 39.9 Å². The van der Waals surface area contributed by atoms with Crippen LogP contribution in [0.15, 0.2) is 35.7 Å². The van der Waals surface area contributed by atoms with Crippen molar-refractivity contribution in [2.45, 2.75) is 45.1 Å². The quantitative estimate of drug-likeness (QED) is 0.493. The number of carbonyl (C=O) groups is 2. The number of ether oxygens (including phenoxy) is 2. The van der Waals surface area contributed by atoms with Gasteiger partial charge in [-0.25, -0.2) is 14.6 Å². The third kappa shape index (κ3) is 8.05. The first-order valence-corrected chi connectivity index (χ1v) is 12.3.